The highest BCUT2D eigenvalue weighted by atomic mass is 16.3. The number of aliphatic hydroxyl groups is 1. The summed E-state index contributed by atoms with van der Waals surface area (Å²) < 4.78 is 0. The first-order valence-electron chi connectivity index (χ1n) is 6.76. The molecule has 3 rings (SSSR count). The second-order valence-electron chi connectivity index (χ2n) is 5.28. The Bertz CT molecular complexity index is 577. The zero-order valence-electron chi connectivity index (χ0n) is 11.1. The first kappa shape index (κ1) is 12.3. The first-order chi connectivity index (χ1) is 9.24. The Morgan fingerprint density at radius 2 is 1.89 bits per heavy atom. The fourth-order valence-electron chi connectivity index (χ4n) is 2.86. The van der Waals surface area contributed by atoms with E-state index in [9.17, 15) is 5.11 Å². The number of benzene rings is 1. The van der Waals surface area contributed by atoms with Crippen molar-refractivity contribution in [1.82, 2.24) is 9.97 Å². The van der Waals surface area contributed by atoms with Crippen LogP contribution in [0.15, 0.2) is 36.4 Å². The Hall–Kier alpha value is -1.74. The number of aliphatic hydroxyl groups excluding tert-OH is 1. The number of rotatable bonds is 3. The minimum atomic E-state index is -0.0444. The molecule has 0 saturated heterocycles. The second kappa shape index (κ2) is 4.74. The molecule has 1 aliphatic rings. The second-order valence-corrected chi connectivity index (χ2v) is 5.28. The van der Waals surface area contributed by atoms with E-state index in [2.05, 4.69) is 34.2 Å². The van der Waals surface area contributed by atoms with Crippen LogP contribution in [0.5, 0.6) is 0 Å². The topological polar surface area (TPSA) is 46.0 Å². The van der Waals surface area contributed by atoms with Gasteiger partial charge < -0.3 is 5.11 Å². The lowest BCUT2D eigenvalue weighted by Gasteiger charge is -2.41. The number of hydrogen-bond acceptors (Lipinski definition) is 3. The Morgan fingerprint density at radius 3 is 2.47 bits per heavy atom. The van der Waals surface area contributed by atoms with E-state index < -0.39 is 0 Å². The number of hydrogen-bond donors (Lipinski definition) is 1. The summed E-state index contributed by atoms with van der Waals surface area (Å²) in [6.45, 7) is 1.93. The molecule has 98 valence electrons. The van der Waals surface area contributed by atoms with Crippen LogP contribution in [-0.4, -0.2) is 15.1 Å². The average Bonchev–Trinajstić information content (AvgIpc) is 2.38. The summed E-state index contributed by atoms with van der Waals surface area (Å²) in [5.74, 6) is 0.869. The number of nitrogens with zero attached hydrogens (tertiary/aromatic N) is 2. The monoisotopic (exact) mass is 254 g/mol. The van der Waals surface area contributed by atoms with Crippen LogP contribution in [-0.2, 0) is 12.0 Å². The number of aryl methyl sites for hydroxylation is 1. The van der Waals surface area contributed by atoms with Crippen molar-refractivity contribution in [3.05, 3.63) is 59.2 Å². The van der Waals surface area contributed by atoms with Crippen LogP contribution >= 0.6 is 0 Å². The maximum absolute atomic E-state index is 9.32. The Labute approximate surface area is 113 Å². The van der Waals surface area contributed by atoms with Gasteiger partial charge in [0.05, 0.1) is 17.7 Å². The van der Waals surface area contributed by atoms with Crippen molar-refractivity contribution in [2.75, 3.05) is 0 Å². The molecule has 0 aliphatic heterocycles. The third-order valence-corrected chi connectivity index (χ3v) is 4.03. The van der Waals surface area contributed by atoms with Crippen LogP contribution in [0.2, 0.25) is 0 Å². The van der Waals surface area contributed by atoms with E-state index in [1.807, 2.05) is 19.1 Å². The third kappa shape index (κ3) is 2.04. The summed E-state index contributed by atoms with van der Waals surface area (Å²) in [5.41, 5.74) is 2.88. The van der Waals surface area contributed by atoms with Gasteiger partial charge in [0, 0.05) is 5.69 Å². The van der Waals surface area contributed by atoms with E-state index in [0.717, 1.165) is 24.4 Å². The molecule has 1 saturated carbocycles. The van der Waals surface area contributed by atoms with Crippen LogP contribution in [0.3, 0.4) is 0 Å². The van der Waals surface area contributed by atoms with Crippen molar-refractivity contribution >= 4 is 0 Å². The van der Waals surface area contributed by atoms with Gasteiger partial charge in [0.15, 0.2) is 0 Å². The van der Waals surface area contributed by atoms with Gasteiger partial charge in [-0.25, -0.2) is 9.97 Å². The van der Waals surface area contributed by atoms with Crippen molar-refractivity contribution in [3.8, 4) is 0 Å². The van der Waals surface area contributed by atoms with Gasteiger partial charge in [0.2, 0.25) is 0 Å². The summed E-state index contributed by atoms with van der Waals surface area (Å²) in [6.07, 6.45) is 3.39. The van der Waals surface area contributed by atoms with E-state index in [-0.39, 0.29) is 12.0 Å². The highest BCUT2D eigenvalue weighted by molar-refractivity contribution is 5.36. The smallest absolute Gasteiger partial charge is 0.139 e. The molecule has 1 heterocycles. The quantitative estimate of drug-likeness (QED) is 0.916. The molecule has 1 fully saturated rings. The Morgan fingerprint density at radius 1 is 1.16 bits per heavy atom. The standard InChI is InChI=1S/C16H18N2O/c1-12-10-14(11-19)18-15(17-12)16(8-5-9-16)13-6-3-2-4-7-13/h2-4,6-7,10,19H,5,8-9,11H2,1H3. The minimum absolute atomic E-state index is 0.0266. The molecule has 3 heteroatoms. The maximum atomic E-state index is 9.32. The van der Waals surface area contributed by atoms with Crippen LogP contribution in [0.4, 0.5) is 0 Å². The van der Waals surface area contributed by atoms with E-state index in [4.69, 9.17) is 0 Å². The fraction of sp³-hybridized carbons (Fsp3) is 0.375. The summed E-state index contributed by atoms with van der Waals surface area (Å²) in [5, 5.41) is 9.32. The molecule has 0 radical (unpaired) electrons. The van der Waals surface area contributed by atoms with Gasteiger partial charge in [0.25, 0.3) is 0 Å². The first-order valence-corrected chi connectivity index (χ1v) is 6.76. The molecule has 1 N–H and O–H groups in total. The molecule has 0 atom stereocenters. The molecule has 0 unspecified atom stereocenters. The zero-order valence-corrected chi connectivity index (χ0v) is 11.1. The van der Waals surface area contributed by atoms with Crippen molar-refractivity contribution in [3.63, 3.8) is 0 Å². The fourth-order valence-corrected chi connectivity index (χ4v) is 2.86. The zero-order chi connectivity index (χ0) is 13.3. The SMILES string of the molecule is Cc1cc(CO)nc(C2(c3ccccc3)CCC2)n1. The van der Waals surface area contributed by atoms with Gasteiger partial charge in [-0.1, -0.05) is 36.8 Å². The Kier molecular flexibility index (Phi) is 3.07. The summed E-state index contributed by atoms with van der Waals surface area (Å²) in [6, 6.07) is 12.3. The molecule has 1 aliphatic carbocycles. The van der Waals surface area contributed by atoms with Crippen LogP contribution in [0, 0.1) is 6.92 Å². The molecule has 2 aromatic rings. The molecular formula is C16H18N2O. The molecule has 0 spiro atoms. The summed E-state index contributed by atoms with van der Waals surface area (Å²) in [7, 11) is 0. The van der Waals surface area contributed by atoms with Gasteiger partial charge in [-0.05, 0) is 31.4 Å². The van der Waals surface area contributed by atoms with Crippen molar-refractivity contribution < 1.29 is 5.11 Å². The lowest BCUT2D eigenvalue weighted by Crippen LogP contribution is -2.37. The lowest BCUT2D eigenvalue weighted by molar-refractivity contribution is 0.264. The van der Waals surface area contributed by atoms with Gasteiger partial charge in [-0.3, -0.25) is 0 Å². The maximum Gasteiger partial charge on any atom is 0.139 e. The lowest BCUT2D eigenvalue weighted by atomic mass is 9.64. The van der Waals surface area contributed by atoms with E-state index in [1.54, 1.807) is 0 Å². The van der Waals surface area contributed by atoms with Gasteiger partial charge >= 0.3 is 0 Å². The van der Waals surface area contributed by atoms with Crippen molar-refractivity contribution in [2.24, 2.45) is 0 Å². The van der Waals surface area contributed by atoms with Crippen molar-refractivity contribution in [2.45, 2.75) is 38.2 Å². The van der Waals surface area contributed by atoms with Gasteiger partial charge in [-0.2, -0.15) is 0 Å². The molecule has 3 nitrogen and oxygen atoms in total. The highest BCUT2D eigenvalue weighted by Crippen LogP contribution is 2.47. The minimum Gasteiger partial charge on any atom is -0.390 e. The predicted molar refractivity (Wildman–Crippen MR) is 73.8 cm³/mol. The van der Waals surface area contributed by atoms with Crippen LogP contribution < -0.4 is 0 Å². The number of aromatic nitrogens is 2. The van der Waals surface area contributed by atoms with Gasteiger partial charge in [0.1, 0.15) is 5.82 Å². The average molecular weight is 254 g/mol. The van der Waals surface area contributed by atoms with E-state index in [1.165, 1.54) is 12.0 Å². The largest absolute Gasteiger partial charge is 0.390 e. The third-order valence-electron chi connectivity index (χ3n) is 4.03. The molecule has 19 heavy (non-hydrogen) atoms. The van der Waals surface area contributed by atoms with Crippen LogP contribution in [0.1, 0.15) is 42.0 Å². The highest BCUT2D eigenvalue weighted by Gasteiger charge is 2.43. The van der Waals surface area contributed by atoms with E-state index >= 15 is 0 Å². The van der Waals surface area contributed by atoms with Gasteiger partial charge in [-0.15, -0.1) is 0 Å². The summed E-state index contributed by atoms with van der Waals surface area (Å²) >= 11 is 0. The van der Waals surface area contributed by atoms with E-state index in [0.29, 0.717) is 5.69 Å². The molecule has 0 amide bonds. The van der Waals surface area contributed by atoms with Crippen molar-refractivity contribution in [1.29, 1.82) is 0 Å². The van der Waals surface area contributed by atoms with Crippen LogP contribution in [0.25, 0.3) is 0 Å². The predicted octanol–water partition coefficient (Wildman–Crippen LogP) is 2.75. The Balaban J connectivity index is 2.10. The molecule has 0 bridgehead atoms. The normalized spacial score (nSPS) is 16.9. The summed E-state index contributed by atoms with van der Waals surface area (Å²) in [4.78, 5) is 9.19. The molecule has 1 aromatic carbocycles. The molecular weight excluding hydrogens is 236 g/mol. The molecule has 1 aromatic heterocycles.